The Morgan fingerprint density at radius 1 is 1.46 bits per heavy atom. The number of carbonyl (C=O) groups is 1. The van der Waals surface area contributed by atoms with Gasteiger partial charge in [0.15, 0.2) is 0 Å². The minimum Gasteiger partial charge on any atom is -0.310 e. The predicted molar refractivity (Wildman–Crippen MR) is 92.8 cm³/mol. The maximum atomic E-state index is 12.8. The van der Waals surface area contributed by atoms with Gasteiger partial charge in [0.25, 0.3) is 10.0 Å². The summed E-state index contributed by atoms with van der Waals surface area (Å²) in [5.74, 6) is 0.197. The van der Waals surface area contributed by atoms with E-state index in [0.717, 1.165) is 17.0 Å². The van der Waals surface area contributed by atoms with E-state index in [1.807, 2.05) is 6.92 Å². The van der Waals surface area contributed by atoms with Crippen LogP contribution in [0.15, 0.2) is 22.4 Å². The molecule has 1 saturated heterocycles. The number of rotatable bonds is 4. The van der Waals surface area contributed by atoms with Crippen molar-refractivity contribution < 1.29 is 13.2 Å². The summed E-state index contributed by atoms with van der Waals surface area (Å²) in [5, 5.41) is 6.93. The Morgan fingerprint density at radius 3 is 2.79 bits per heavy atom. The van der Waals surface area contributed by atoms with Crippen LogP contribution in [-0.4, -0.2) is 41.0 Å². The van der Waals surface area contributed by atoms with Crippen molar-refractivity contribution in [2.75, 3.05) is 11.9 Å². The van der Waals surface area contributed by atoms with Gasteiger partial charge in [-0.15, -0.1) is 11.3 Å². The number of anilines is 1. The highest BCUT2D eigenvalue weighted by Crippen LogP contribution is 2.32. The monoisotopic (exact) mass is 388 g/mol. The second-order valence-electron chi connectivity index (χ2n) is 5.62. The number of hydrogen-bond donors (Lipinski definition) is 1. The highest BCUT2D eigenvalue weighted by molar-refractivity contribution is 7.91. The predicted octanol–water partition coefficient (Wildman–Crippen LogP) is 2.24. The lowest BCUT2D eigenvalue weighted by Crippen LogP contribution is -2.43. The average molecular weight is 389 g/mol. The standard InChI is InChI=1S/C14H17ClN4O3S2/c1-9-8-12(18(2)17-9)16-14(20)10-4-3-7-19(10)24(21,22)13-6-5-11(15)23-13/h5-6,8,10H,3-4,7H2,1-2H3,(H,16,20). The molecule has 7 nitrogen and oxygen atoms in total. The Hall–Kier alpha value is -1.42. The highest BCUT2D eigenvalue weighted by Gasteiger charge is 2.40. The number of sulfonamides is 1. The van der Waals surface area contributed by atoms with Gasteiger partial charge < -0.3 is 5.32 Å². The topological polar surface area (TPSA) is 84.3 Å². The maximum absolute atomic E-state index is 12.8. The molecule has 2 aromatic heterocycles. The van der Waals surface area contributed by atoms with Crippen LogP contribution in [0, 0.1) is 6.92 Å². The summed E-state index contributed by atoms with van der Waals surface area (Å²) in [7, 11) is -2.00. The SMILES string of the molecule is Cc1cc(NC(=O)C2CCCN2S(=O)(=O)c2ccc(Cl)s2)n(C)n1. The first-order valence-corrected chi connectivity index (χ1v) is 10.0. The smallest absolute Gasteiger partial charge is 0.253 e. The molecule has 1 atom stereocenters. The molecule has 1 N–H and O–H groups in total. The number of nitrogens with one attached hydrogen (secondary N) is 1. The average Bonchev–Trinajstić information content (AvgIpc) is 3.20. The molecule has 3 rings (SSSR count). The van der Waals surface area contributed by atoms with E-state index in [0.29, 0.717) is 29.5 Å². The molecule has 0 aromatic carbocycles. The second kappa shape index (κ2) is 6.47. The van der Waals surface area contributed by atoms with E-state index >= 15 is 0 Å². The van der Waals surface area contributed by atoms with Crippen LogP contribution < -0.4 is 5.32 Å². The molecule has 3 heterocycles. The van der Waals surface area contributed by atoms with Gasteiger partial charge in [0, 0.05) is 19.7 Å². The highest BCUT2D eigenvalue weighted by atomic mass is 35.5. The minimum absolute atomic E-state index is 0.156. The fraction of sp³-hybridized carbons (Fsp3) is 0.429. The van der Waals surface area contributed by atoms with Gasteiger partial charge in [0.2, 0.25) is 5.91 Å². The third-order valence-corrected chi connectivity index (χ3v) is 7.48. The van der Waals surface area contributed by atoms with E-state index in [-0.39, 0.29) is 10.1 Å². The van der Waals surface area contributed by atoms with E-state index in [4.69, 9.17) is 11.6 Å². The van der Waals surface area contributed by atoms with Gasteiger partial charge in [-0.05, 0) is 31.9 Å². The molecule has 1 unspecified atom stereocenters. The molecule has 24 heavy (non-hydrogen) atoms. The zero-order chi connectivity index (χ0) is 17.5. The first-order chi connectivity index (χ1) is 11.3. The number of carbonyl (C=O) groups excluding carboxylic acids is 1. The minimum atomic E-state index is -3.73. The van der Waals surface area contributed by atoms with Crippen molar-refractivity contribution in [2.45, 2.75) is 30.0 Å². The molecule has 2 aromatic rings. The molecule has 0 spiro atoms. The molecule has 0 aliphatic carbocycles. The van der Waals surface area contributed by atoms with Gasteiger partial charge in [-0.25, -0.2) is 8.42 Å². The molecule has 1 fully saturated rings. The molecule has 1 aliphatic heterocycles. The quantitative estimate of drug-likeness (QED) is 0.870. The fourth-order valence-corrected chi connectivity index (χ4v) is 6.05. The van der Waals surface area contributed by atoms with Gasteiger partial charge in [0.05, 0.1) is 10.0 Å². The Kier molecular flexibility index (Phi) is 4.69. The van der Waals surface area contributed by atoms with Crippen LogP contribution in [0.3, 0.4) is 0 Å². The number of thiophene rings is 1. The molecule has 0 bridgehead atoms. The van der Waals surface area contributed by atoms with E-state index < -0.39 is 16.1 Å². The Labute approximate surface area is 149 Å². The Morgan fingerprint density at radius 2 is 2.21 bits per heavy atom. The van der Waals surface area contributed by atoms with Crippen LogP contribution in [-0.2, 0) is 21.9 Å². The number of amides is 1. The van der Waals surface area contributed by atoms with Crippen molar-refractivity contribution in [3.63, 3.8) is 0 Å². The third-order valence-electron chi connectivity index (χ3n) is 3.87. The van der Waals surface area contributed by atoms with E-state index in [2.05, 4.69) is 10.4 Å². The lowest BCUT2D eigenvalue weighted by atomic mass is 10.2. The summed E-state index contributed by atoms with van der Waals surface area (Å²) in [5.41, 5.74) is 0.775. The molecule has 0 saturated carbocycles. The van der Waals surface area contributed by atoms with Crippen LogP contribution in [0.1, 0.15) is 18.5 Å². The summed E-state index contributed by atoms with van der Waals surface area (Å²) >= 11 is 6.84. The van der Waals surface area contributed by atoms with Crippen molar-refractivity contribution in [2.24, 2.45) is 7.05 Å². The van der Waals surface area contributed by atoms with Crippen molar-refractivity contribution in [1.29, 1.82) is 0 Å². The van der Waals surface area contributed by atoms with E-state index in [9.17, 15) is 13.2 Å². The number of aryl methyl sites for hydroxylation is 2. The zero-order valence-corrected chi connectivity index (χ0v) is 15.6. The Balaban J connectivity index is 1.82. The molecule has 1 amide bonds. The van der Waals surface area contributed by atoms with Crippen molar-refractivity contribution >= 4 is 44.7 Å². The summed E-state index contributed by atoms with van der Waals surface area (Å²) in [6.07, 6.45) is 1.13. The third kappa shape index (κ3) is 3.21. The fourth-order valence-electron chi connectivity index (χ4n) is 2.78. The van der Waals surface area contributed by atoms with Crippen LogP contribution in [0.2, 0.25) is 4.34 Å². The molecular weight excluding hydrogens is 372 g/mol. The number of hydrogen-bond acceptors (Lipinski definition) is 5. The summed E-state index contributed by atoms with van der Waals surface area (Å²) in [6.45, 7) is 2.14. The van der Waals surface area contributed by atoms with Crippen molar-refractivity contribution in [3.8, 4) is 0 Å². The van der Waals surface area contributed by atoms with Crippen LogP contribution in [0.25, 0.3) is 0 Å². The lowest BCUT2D eigenvalue weighted by molar-refractivity contribution is -0.119. The van der Waals surface area contributed by atoms with Gasteiger partial charge >= 0.3 is 0 Å². The molecule has 130 valence electrons. The first kappa shape index (κ1) is 17.4. The molecular formula is C14H17ClN4O3S2. The van der Waals surface area contributed by atoms with E-state index in [1.54, 1.807) is 23.9 Å². The largest absolute Gasteiger partial charge is 0.310 e. The van der Waals surface area contributed by atoms with Crippen LogP contribution >= 0.6 is 22.9 Å². The van der Waals surface area contributed by atoms with Crippen LogP contribution in [0.4, 0.5) is 5.82 Å². The summed E-state index contributed by atoms with van der Waals surface area (Å²) in [4.78, 5) is 12.6. The lowest BCUT2D eigenvalue weighted by Gasteiger charge is -2.22. The van der Waals surface area contributed by atoms with Crippen molar-refractivity contribution in [3.05, 3.63) is 28.2 Å². The van der Waals surface area contributed by atoms with E-state index in [1.165, 1.54) is 10.4 Å². The Bertz CT molecular complexity index is 874. The first-order valence-electron chi connectivity index (χ1n) is 7.38. The van der Waals surface area contributed by atoms with Gasteiger partial charge in [-0.3, -0.25) is 9.48 Å². The summed E-state index contributed by atoms with van der Waals surface area (Å²) < 4.78 is 28.9. The van der Waals surface area contributed by atoms with Crippen LogP contribution in [0.5, 0.6) is 0 Å². The number of halogens is 1. The molecule has 0 radical (unpaired) electrons. The van der Waals surface area contributed by atoms with Gasteiger partial charge in [0.1, 0.15) is 16.1 Å². The van der Waals surface area contributed by atoms with Crippen molar-refractivity contribution in [1.82, 2.24) is 14.1 Å². The molecule has 10 heteroatoms. The molecule has 1 aliphatic rings. The summed E-state index contributed by atoms with van der Waals surface area (Å²) in [6, 6.07) is 4.03. The van der Waals surface area contributed by atoms with Gasteiger partial charge in [-0.1, -0.05) is 11.6 Å². The van der Waals surface area contributed by atoms with Gasteiger partial charge in [-0.2, -0.15) is 9.40 Å². The maximum Gasteiger partial charge on any atom is 0.253 e. The number of aromatic nitrogens is 2. The zero-order valence-electron chi connectivity index (χ0n) is 13.2. The number of nitrogens with zero attached hydrogens (tertiary/aromatic N) is 3. The normalized spacial score (nSPS) is 18.9. The second-order valence-corrected chi connectivity index (χ2v) is 9.45.